The molecule has 1 aliphatic carbocycles. The predicted molar refractivity (Wildman–Crippen MR) is 156 cm³/mol. The SMILES string of the molecule is Cc1c(C#N)cccc1[C@H](Nc1cc(Cl)c2ncc(C#N)c(NCC(C)(C)C(F)(F)F)c2c1)C1=CN(C2(C)CC2)NN1. The Labute approximate surface area is 247 Å². The number of aromatic nitrogens is 1. The molecule has 2 heterocycles. The molecular weight excluding hydrogens is 565 g/mol. The Morgan fingerprint density at radius 2 is 1.88 bits per heavy atom. The number of rotatable bonds is 8. The number of alkyl halides is 3. The molecule has 0 saturated heterocycles. The number of nitrogens with zero attached hydrogens (tertiary/aromatic N) is 4. The van der Waals surface area contributed by atoms with Gasteiger partial charge in [-0.05, 0) is 69.9 Å². The molecule has 0 bridgehead atoms. The van der Waals surface area contributed by atoms with Crippen molar-refractivity contribution in [2.24, 2.45) is 5.41 Å². The molecule has 1 aromatic heterocycles. The third kappa shape index (κ3) is 5.38. The zero-order valence-electron chi connectivity index (χ0n) is 23.5. The minimum atomic E-state index is -4.45. The minimum absolute atomic E-state index is 0.000762. The van der Waals surface area contributed by atoms with Crippen molar-refractivity contribution in [3.8, 4) is 12.1 Å². The van der Waals surface area contributed by atoms with Crippen LogP contribution in [0.1, 0.15) is 61.9 Å². The second-order valence-corrected chi connectivity index (χ2v) is 12.1. The van der Waals surface area contributed by atoms with Gasteiger partial charge in [0.2, 0.25) is 0 Å². The number of halogens is 4. The van der Waals surface area contributed by atoms with Crippen LogP contribution < -0.4 is 21.6 Å². The lowest BCUT2D eigenvalue weighted by molar-refractivity contribution is -0.206. The van der Waals surface area contributed by atoms with Crippen molar-refractivity contribution < 1.29 is 13.2 Å². The van der Waals surface area contributed by atoms with Crippen LogP contribution in [0.5, 0.6) is 0 Å². The van der Waals surface area contributed by atoms with E-state index in [0.29, 0.717) is 22.2 Å². The highest BCUT2D eigenvalue weighted by Crippen LogP contribution is 2.43. The maximum absolute atomic E-state index is 13.6. The van der Waals surface area contributed by atoms with Crippen molar-refractivity contribution in [3.05, 3.63) is 75.7 Å². The Balaban J connectivity index is 1.59. The molecule has 3 aromatic rings. The molecule has 1 saturated carbocycles. The van der Waals surface area contributed by atoms with Gasteiger partial charge in [0.25, 0.3) is 0 Å². The van der Waals surface area contributed by atoms with Gasteiger partial charge in [0.05, 0.1) is 56.1 Å². The number of pyridine rings is 1. The van der Waals surface area contributed by atoms with Gasteiger partial charge in [-0.3, -0.25) is 9.99 Å². The number of benzene rings is 2. The summed E-state index contributed by atoms with van der Waals surface area (Å²) in [4.78, 5) is 4.32. The average molecular weight is 595 g/mol. The Hall–Kier alpha value is -4.19. The molecular formula is C30H30ClF3N8. The van der Waals surface area contributed by atoms with Gasteiger partial charge in [0.1, 0.15) is 6.07 Å². The van der Waals surface area contributed by atoms with Crippen LogP contribution in [0.3, 0.4) is 0 Å². The molecule has 1 fully saturated rings. The predicted octanol–water partition coefficient (Wildman–Crippen LogP) is 6.81. The maximum Gasteiger partial charge on any atom is 0.395 e. The van der Waals surface area contributed by atoms with Crippen LogP contribution in [0.15, 0.2) is 48.4 Å². The van der Waals surface area contributed by atoms with Crippen LogP contribution in [-0.2, 0) is 0 Å². The van der Waals surface area contributed by atoms with E-state index in [1.165, 1.54) is 6.20 Å². The largest absolute Gasteiger partial charge is 0.395 e. The Kier molecular flexibility index (Phi) is 7.38. The van der Waals surface area contributed by atoms with E-state index >= 15 is 0 Å². The van der Waals surface area contributed by atoms with Gasteiger partial charge >= 0.3 is 6.18 Å². The molecule has 218 valence electrons. The smallest absolute Gasteiger partial charge is 0.382 e. The van der Waals surface area contributed by atoms with Gasteiger partial charge in [-0.25, -0.2) is 0 Å². The van der Waals surface area contributed by atoms with Crippen molar-refractivity contribution in [2.75, 3.05) is 17.2 Å². The highest BCUT2D eigenvalue weighted by molar-refractivity contribution is 6.35. The monoisotopic (exact) mass is 594 g/mol. The second kappa shape index (κ2) is 10.6. The number of nitrogens with one attached hydrogen (secondary N) is 4. The number of nitriles is 2. The fourth-order valence-corrected chi connectivity index (χ4v) is 5.06. The summed E-state index contributed by atoms with van der Waals surface area (Å²) in [5.74, 6) is 0. The first-order valence-corrected chi connectivity index (χ1v) is 13.8. The first kappa shape index (κ1) is 29.3. The van der Waals surface area contributed by atoms with Gasteiger partial charge in [-0.15, -0.1) is 5.53 Å². The third-order valence-corrected chi connectivity index (χ3v) is 8.38. The summed E-state index contributed by atoms with van der Waals surface area (Å²) in [6.45, 7) is 5.77. The molecule has 0 radical (unpaired) electrons. The lowest BCUT2D eigenvalue weighted by Gasteiger charge is -2.29. The zero-order valence-corrected chi connectivity index (χ0v) is 24.3. The van der Waals surface area contributed by atoms with E-state index in [1.807, 2.05) is 36.3 Å². The highest BCUT2D eigenvalue weighted by Gasteiger charge is 2.47. The molecule has 5 rings (SSSR count). The van der Waals surface area contributed by atoms with Crippen LogP contribution in [-0.4, -0.2) is 28.3 Å². The van der Waals surface area contributed by atoms with E-state index in [0.717, 1.165) is 43.5 Å². The topological polar surface area (TPSA) is 112 Å². The van der Waals surface area contributed by atoms with E-state index in [1.54, 1.807) is 18.2 Å². The maximum atomic E-state index is 13.6. The number of hydrazine groups is 2. The summed E-state index contributed by atoms with van der Waals surface area (Å²) in [6.07, 6.45) is 0.928. The normalized spacial score (nSPS) is 16.7. The van der Waals surface area contributed by atoms with Crippen LogP contribution in [0.4, 0.5) is 24.5 Å². The van der Waals surface area contributed by atoms with Gasteiger partial charge in [0.15, 0.2) is 0 Å². The molecule has 0 amide bonds. The Morgan fingerprint density at radius 1 is 1.17 bits per heavy atom. The van der Waals surface area contributed by atoms with Crippen molar-refractivity contribution in [1.82, 2.24) is 21.0 Å². The molecule has 4 N–H and O–H groups in total. The van der Waals surface area contributed by atoms with Gasteiger partial charge in [-0.2, -0.15) is 23.7 Å². The fourth-order valence-electron chi connectivity index (χ4n) is 4.79. The molecule has 42 heavy (non-hydrogen) atoms. The van der Waals surface area contributed by atoms with Crippen LogP contribution in [0.2, 0.25) is 5.02 Å². The first-order chi connectivity index (χ1) is 19.8. The highest BCUT2D eigenvalue weighted by atomic mass is 35.5. The number of hydrogen-bond acceptors (Lipinski definition) is 8. The number of anilines is 2. The fraction of sp³-hybridized carbons (Fsp3) is 0.367. The molecule has 2 aromatic carbocycles. The molecule has 1 aliphatic heterocycles. The Morgan fingerprint density at radius 3 is 2.52 bits per heavy atom. The van der Waals surface area contributed by atoms with Gasteiger partial charge < -0.3 is 16.1 Å². The minimum Gasteiger partial charge on any atom is -0.382 e. The number of fused-ring (bicyclic) bond motifs is 1. The third-order valence-electron chi connectivity index (χ3n) is 8.09. The van der Waals surface area contributed by atoms with Gasteiger partial charge in [-0.1, -0.05) is 23.7 Å². The standard InChI is InChI=1S/C30H30ClF3N8/c1-17-18(12-35)6-5-7-21(17)27(24-15-42(41-40-24)29(4)8-9-29)39-20-10-22-25(38-16-28(2,3)30(32,33)34)19(13-36)14-37-26(22)23(31)11-20/h5-7,10-11,14-15,27,39-41H,8-9,16H2,1-4H3,(H,37,38)/t27-/m0/s1. The van der Waals surface area contributed by atoms with Crippen LogP contribution >= 0.6 is 11.6 Å². The van der Waals surface area contributed by atoms with E-state index in [9.17, 15) is 23.7 Å². The molecule has 0 unspecified atom stereocenters. The van der Waals surface area contributed by atoms with Crippen molar-refractivity contribution in [1.29, 1.82) is 10.5 Å². The van der Waals surface area contributed by atoms with Crippen LogP contribution in [0, 0.1) is 35.0 Å². The van der Waals surface area contributed by atoms with E-state index in [-0.39, 0.29) is 21.8 Å². The van der Waals surface area contributed by atoms with Crippen molar-refractivity contribution in [2.45, 2.75) is 58.3 Å². The average Bonchev–Trinajstić information content (AvgIpc) is 3.48. The molecule has 2 aliphatic rings. The van der Waals surface area contributed by atoms with E-state index in [2.05, 4.69) is 39.6 Å². The zero-order chi connectivity index (χ0) is 30.4. The molecule has 0 spiro atoms. The molecule has 1 atom stereocenters. The number of hydrogen-bond donors (Lipinski definition) is 4. The van der Waals surface area contributed by atoms with Crippen molar-refractivity contribution in [3.63, 3.8) is 0 Å². The first-order valence-electron chi connectivity index (χ1n) is 13.4. The Bertz CT molecular complexity index is 1660. The molecule has 12 heteroatoms. The van der Waals surface area contributed by atoms with Gasteiger partial charge in [0, 0.05) is 30.0 Å². The summed E-state index contributed by atoms with van der Waals surface area (Å²) in [7, 11) is 0. The summed E-state index contributed by atoms with van der Waals surface area (Å²) < 4.78 is 40.9. The summed E-state index contributed by atoms with van der Waals surface area (Å²) in [5.41, 5.74) is 8.61. The lowest BCUT2D eigenvalue weighted by Crippen LogP contribution is -2.43. The lowest BCUT2D eigenvalue weighted by atomic mass is 9.92. The van der Waals surface area contributed by atoms with Crippen LogP contribution in [0.25, 0.3) is 10.9 Å². The van der Waals surface area contributed by atoms with E-state index in [4.69, 9.17) is 11.6 Å². The van der Waals surface area contributed by atoms with Crippen molar-refractivity contribution >= 4 is 33.9 Å². The summed E-state index contributed by atoms with van der Waals surface area (Å²) in [5, 5.41) is 28.5. The summed E-state index contributed by atoms with van der Waals surface area (Å²) in [6, 6.07) is 12.7. The molecule has 8 nitrogen and oxygen atoms in total. The second-order valence-electron chi connectivity index (χ2n) is 11.6. The quantitative estimate of drug-likeness (QED) is 0.225. The summed E-state index contributed by atoms with van der Waals surface area (Å²) >= 11 is 6.66. The van der Waals surface area contributed by atoms with E-state index < -0.39 is 24.2 Å².